The molecule has 9 heteroatoms. The van der Waals surface area contributed by atoms with E-state index in [-0.39, 0.29) is 33.5 Å². The zero-order valence-electron chi connectivity index (χ0n) is 14.8. The number of fused-ring (bicyclic) bond motifs is 1. The van der Waals surface area contributed by atoms with Crippen molar-refractivity contribution < 1.29 is 14.4 Å². The van der Waals surface area contributed by atoms with E-state index < -0.39 is 11.8 Å². The number of nitrogens with zero attached hydrogens (tertiary/aromatic N) is 3. The lowest BCUT2D eigenvalue weighted by Crippen LogP contribution is -2.35. The summed E-state index contributed by atoms with van der Waals surface area (Å²) in [7, 11) is 0. The third-order valence-electron chi connectivity index (χ3n) is 4.66. The molecule has 3 aromatic rings. The monoisotopic (exact) mass is 433 g/mol. The third-order valence-corrected chi connectivity index (χ3v) is 6.13. The highest BCUT2D eigenvalue weighted by atomic mass is 35.5. The summed E-state index contributed by atoms with van der Waals surface area (Å²) in [6, 6.07) is 4.46. The Bertz CT molecular complexity index is 1110. The van der Waals surface area contributed by atoms with Gasteiger partial charge in [-0.2, -0.15) is 0 Å². The summed E-state index contributed by atoms with van der Waals surface area (Å²) < 4.78 is 1.87. The number of halogens is 2. The molecule has 1 aromatic carbocycles. The van der Waals surface area contributed by atoms with Crippen LogP contribution in [0.25, 0.3) is 5.13 Å². The maximum atomic E-state index is 12.9. The molecule has 0 spiro atoms. The number of rotatable bonds is 4. The number of aryl methyl sites for hydroxylation is 1. The fraction of sp³-hybridized carbons (Fsp3) is 0.158. The third kappa shape index (κ3) is 2.87. The zero-order valence-corrected chi connectivity index (χ0v) is 17.2. The minimum Gasteiger partial charge on any atom is -0.294 e. The first kappa shape index (κ1) is 18.9. The highest BCUT2D eigenvalue weighted by Gasteiger charge is 2.38. The van der Waals surface area contributed by atoms with Crippen LogP contribution in [0.3, 0.4) is 0 Å². The number of amides is 2. The van der Waals surface area contributed by atoms with Crippen molar-refractivity contribution in [3.8, 4) is 5.13 Å². The Morgan fingerprint density at radius 3 is 2.21 bits per heavy atom. The van der Waals surface area contributed by atoms with E-state index in [2.05, 4.69) is 4.98 Å². The van der Waals surface area contributed by atoms with Crippen LogP contribution in [-0.4, -0.2) is 38.6 Å². The number of Topliss-reactive ketones (excluding diaryl/α,β-unsaturated/α-hetero) is 1. The standard InChI is InChI=1S/C19H13Cl2N3O3S/c1-9-5-11(10(2)24(9)19-22-3-4-28-19)16(25)8-23-17(26)12-6-14(20)15(21)7-13(12)18(23)27/h3-7H,8H2,1-2H3. The van der Waals surface area contributed by atoms with E-state index in [1.807, 2.05) is 23.8 Å². The molecule has 0 atom stereocenters. The molecule has 0 saturated carbocycles. The number of carbonyl (C=O) groups is 3. The maximum Gasteiger partial charge on any atom is 0.262 e. The Hall–Kier alpha value is -2.48. The smallest absolute Gasteiger partial charge is 0.262 e. The Kier molecular flexibility index (Phi) is 4.61. The average Bonchev–Trinajstić information content (AvgIpc) is 3.32. The van der Waals surface area contributed by atoms with Crippen molar-refractivity contribution in [3.63, 3.8) is 0 Å². The lowest BCUT2D eigenvalue weighted by molar-refractivity contribution is 0.0624. The fourth-order valence-electron chi connectivity index (χ4n) is 3.32. The van der Waals surface area contributed by atoms with Crippen molar-refractivity contribution in [1.29, 1.82) is 0 Å². The van der Waals surface area contributed by atoms with Crippen LogP contribution in [0.1, 0.15) is 42.5 Å². The number of aromatic nitrogens is 2. The van der Waals surface area contributed by atoms with Crippen LogP contribution in [0, 0.1) is 13.8 Å². The molecular weight excluding hydrogens is 421 g/mol. The molecule has 6 nitrogen and oxygen atoms in total. The number of imide groups is 1. The fourth-order valence-corrected chi connectivity index (χ4v) is 4.40. The molecule has 2 aromatic heterocycles. The molecule has 142 valence electrons. The first-order valence-electron chi connectivity index (χ1n) is 8.27. The van der Waals surface area contributed by atoms with Gasteiger partial charge in [-0.1, -0.05) is 23.2 Å². The number of hydrogen-bond acceptors (Lipinski definition) is 5. The number of thiazole rings is 1. The molecule has 0 aliphatic carbocycles. The predicted octanol–water partition coefficient (Wildman–Crippen LogP) is 4.34. The lowest BCUT2D eigenvalue weighted by atomic mass is 10.1. The Morgan fingerprint density at radius 2 is 1.68 bits per heavy atom. The Morgan fingerprint density at radius 1 is 1.07 bits per heavy atom. The summed E-state index contributed by atoms with van der Waals surface area (Å²) in [5, 5.41) is 2.97. The molecule has 2 amide bonds. The predicted molar refractivity (Wildman–Crippen MR) is 107 cm³/mol. The molecule has 0 fully saturated rings. The molecule has 0 unspecified atom stereocenters. The van der Waals surface area contributed by atoms with Gasteiger partial charge in [-0.15, -0.1) is 11.3 Å². The van der Waals surface area contributed by atoms with E-state index in [4.69, 9.17) is 23.2 Å². The molecule has 28 heavy (non-hydrogen) atoms. The van der Waals surface area contributed by atoms with Crippen LogP contribution in [0.2, 0.25) is 10.0 Å². The van der Waals surface area contributed by atoms with Gasteiger partial charge < -0.3 is 0 Å². The summed E-state index contributed by atoms with van der Waals surface area (Å²) in [5.74, 6) is -1.44. The number of benzene rings is 1. The Labute approximate surface area is 174 Å². The van der Waals surface area contributed by atoms with Crippen LogP contribution in [0.4, 0.5) is 0 Å². The van der Waals surface area contributed by atoms with Crippen molar-refractivity contribution >= 4 is 52.1 Å². The van der Waals surface area contributed by atoms with E-state index in [1.54, 1.807) is 12.3 Å². The SMILES string of the molecule is Cc1cc(C(=O)CN2C(=O)c3cc(Cl)c(Cl)cc3C2=O)c(C)n1-c1nccs1. The molecule has 1 aliphatic rings. The van der Waals surface area contributed by atoms with Crippen LogP contribution >= 0.6 is 34.5 Å². The minimum absolute atomic E-state index is 0.153. The number of hydrogen-bond donors (Lipinski definition) is 0. The summed E-state index contributed by atoms with van der Waals surface area (Å²) in [6.07, 6.45) is 1.69. The molecule has 0 N–H and O–H groups in total. The quantitative estimate of drug-likeness (QED) is 0.453. The molecule has 4 rings (SSSR count). The van der Waals surface area contributed by atoms with Gasteiger partial charge in [0, 0.05) is 28.5 Å². The zero-order chi connectivity index (χ0) is 20.2. The second kappa shape index (κ2) is 6.84. The molecule has 0 radical (unpaired) electrons. The van der Waals surface area contributed by atoms with Crippen LogP contribution in [-0.2, 0) is 0 Å². The van der Waals surface area contributed by atoms with E-state index in [1.165, 1.54) is 23.5 Å². The second-order valence-corrected chi connectivity index (χ2v) is 8.05. The van der Waals surface area contributed by atoms with Gasteiger partial charge in [0.2, 0.25) is 0 Å². The van der Waals surface area contributed by atoms with Crippen LogP contribution < -0.4 is 0 Å². The first-order valence-corrected chi connectivity index (χ1v) is 9.90. The van der Waals surface area contributed by atoms with Gasteiger partial charge in [0.05, 0.1) is 27.7 Å². The topological polar surface area (TPSA) is 72.3 Å². The van der Waals surface area contributed by atoms with Crippen molar-refractivity contribution in [2.45, 2.75) is 13.8 Å². The first-order chi connectivity index (χ1) is 13.3. The molecular formula is C19H13Cl2N3O3S. The van der Waals surface area contributed by atoms with Crippen molar-refractivity contribution in [3.05, 3.63) is 67.9 Å². The van der Waals surface area contributed by atoms with Crippen LogP contribution in [0.5, 0.6) is 0 Å². The van der Waals surface area contributed by atoms with Gasteiger partial charge in [-0.3, -0.25) is 23.9 Å². The summed E-state index contributed by atoms with van der Waals surface area (Å²) in [5.41, 5.74) is 2.30. The lowest BCUT2D eigenvalue weighted by Gasteiger charge is -2.13. The molecule has 0 bridgehead atoms. The minimum atomic E-state index is -0.555. The summed E-state index contributed by atoms with van der Waals surface area (Å²) in [4.78, 5) is 43.3. The molecule has 0 saturated heterocycles. The van der Waals surface area contributed by atoms with Gasteiger partial charge in [0.15, 0.2) is 10.9 Å². The Balaban J connectivity index is 1.64. The normalized spacial score (nSPS) is 13.4. The van der Waals surface area contributed by atoms with Crippen molar-refractivity contribution in [2.75, 3.05) is 6.54 Å². The van der Waals surface area contributed by atoms with E-state index in [0.717, 1.165) is 15.7 Å². The molecule has 1 aliphatic heterocycles. The highest BCUT2D eigenvalue weighted by molar-refractivity contribution is 7.12. The second-order valence-electron chi connectivity index (χ2n) is 6.37. The van der Waals surface area contributed by atoms with E-state index >= 15 is 0 Å². The summed E-state index contributed by atoms with van der Waals surface area (Å²) >= 11 is 13.4. The number of carbonyl (C=O) groups excluding carboxylic acids is 3. The van der Waals surface area contributed by atoms with Gasteiger partial charge in [0.25, 0.3) is 11.8 Å². The highest BCUT2D eigenvalue weighted by Crippen LogP contribution is 2.32. The molecule has 3 heterocycles. The van der Waals surface area contributed by atoms with Crippen molar-refractivity contribution in [2.24, 2.45) is 0 Å². The van der Waals surface area contributed by atoms with E-state index in [0.29, 0.717) is 11.3 Å². The largest absolute Gasteiger partial charge is 0.294 e. The maximum absolute atomic E-state index is 12.9. The van der Waals surface area contributed by atoms with Gasteiger partial charge >= 0.3 is 0 Å². The van der Waals surface area contributed by atoms with Gasteiger partial charge in [-0.25, -0.2) is 4.98 Å². The number of ketones is 1. The van der Waals surface area contributed by atoms with E-state index in [9.17, 15) is 14.4 Å². The van der Waals surface area contributed by atoms with Gasteiger partial charge in [0.1, 0.15) is 0 Å². The summed E-state index contributed by atoms with van der Waals surface area (Å²) in [6.45, 7) is 3.32. The average molecular weight is 434 g/mol. The van der Waals surface area contributed by atoms with Crippen molar-refractivity contribution in [1.82, 2.24) is 14.5 Å². The van der Waals surface area contributed by atoms with Gasteiger partial charge in [-0.05, 0) is 32.0 Å². The van der Waals surface area contributed by atoms with Crippen LogP contribution in [0.15, 0.2) is 29.8 Å².